The number of carbonyl (C=O) groups is 2. The number of rotatable bonds is 6. The van der Waals surface area contributed by atoms with E-state index in [2.05, 4.69) is 6.58 Å². The van der Waals surface area contributed by atoms with Crippen LogP contribution in [0.15, 0.2) is 23.8 Å². The van der Waals surface area contributed by atoms with Crippen molar-refractivity contribution in [3.05, 3.63) is 23.8 Å². The van der Waals surface area contributed by atoms with Crippen LogP contribution in [0.2, 0.25) is 0 Å². The summed E-state index contributed by atoms with van der Waals surface area (Å²) in [5.41, 5.74) is 0.183. The molecule has 90 valence electrons. The van der Waals surface area contributed by atoms with Crippen molar-refractivity contribution in [3.8, 4) is 0 Å². The van der Waals surface area contributed by atoms with Crippen molar-refractivity contribution in [2.45, 2.75) is 27.2 Å². The summed E-state index contributed by atoms with van der Waals surface area (Å²) in [6.45, 7) is 8.83. The standard InChI is InChI=1S/C12H18O4/c1-7(2)5-10(9(4)12(15)16)6-8(3)11(13)14/h6-7,10H,4-5H2,1-3H3,(H,13,14)(H,15,16). The first-order chi connectivity index (χ1) is 7.25. The Morgan fingerprint density at radius 3 is 2.06 bits per heavy atom. The number of hydrogen-bond acceptors (Lipinski definition) is 2. The molecule has 0 rings (SSSR count). The van der Waals surface area contributed by atoms with Gasteiger partial charge in [0.2, 0.25) is 0 Å². The summed E-state index contributed by atoms with van der Waals surface area (Å²) in [4.78, 5) is 21.5. The van der Waals surface area contributed by atoms with E-state index >= 15 is 0 Å². The topological polar surface area (TPSA) is 74.6 Å². The van der Waals surface area contributed by atoms with Crippen LogP contribution in [-0.4, -0.2) is 22.2 Å². The third kappa shape index (κ3) is 4.77. The zero-order valence-corrected chi connectivity index (χ0v) is 9.86. The molecule has 0 radical (unpaired) electrons. The zero-order chi connectivity index (χ0) is 12.9. The van der Waals surface area contributed by atoms with Crippen LogP contribution in [0, 0.1) is 11.8 Å². The molecule has 2 N–H and O–H groups in total. The van der Waals surface area contributed by atoms with E-state index in [0.29, 0.717) is 6.42 Å². The Labute approximate surface area is 95.3 Å². The van der Waals surface area contributed by atoms with Gasteiger partial charge in [-0.3, -0.25) is 0 Å². The highest BCUT2D eigenvalue weighted by molar-refractivity contribution is 5.89. The van der Waals surface area contributed by atoms with Gasteiger partial charge in [0, 0.05) is 17.1 Å². The predicted molar refractivity (Wildman–Crippen MR) is 61.1 cm³/mol. The molecule has 0 aliphatic rings. The largest absolute Gasteiger partial charge is 0.478 e. The Morgan fingerprint density at radius 1 is 1.25 bits per heavy atom. The van der Waals surface area contributed by atoms with Crippen LogP contribution in [0.3, 0.4) is 0 Å². The molecule has 0 aromatic rings. The average molecular weight is 226 g/mol. The van der Waals surface area contributed by atoms with E-state index in [0.717, 1.165) is 0 Å². The summed E-state index contributed by atoms with van der Waals surface area (Å²) in [6, 6.07) is 0. The number of allylic oxidation sites excluding steroid dienone is 1. The monoisotopic (exact) mass is 226 g/mol. The van der Waals surface area contributed by atoms with E-state index in [1.165, 1.54) is 13.0 Å². The highest BCUT2D eigenvalue weighted by Crippen LogP contribution is 2.22. The maximum Gasteiger partial charge on any atom is 0.331 e. The Kier molecular flexibility index (Phi) is 5.50. The molecule has 0 heterocycles. The molecular formula is C12H18O4. The van der Waals surface area contributed by atoms with Crippen molar-refractivity contribution in [2.75, 3.05) is 0 Å². The summed E-state index contributed by atoms with van der Waals surface area (Å²) in [6.07, 6.45) is 2.04. The highest BCUT2D eigenvalue weighted by Gasteiger charge is 2.18. The van der Waals surface area contributed by atoms with Crippen LogP contribution in [0.25, 0.3) is 0 Å². The van der Waals surface area contributed by atoms with Gasteiger partial charge in [-0.05, 0) is 19.3 Å². The van der Waals surface area contributed by atoms with Crippen LogP contribution in [-0.2, 0) is 9.59 Å². The van der Waals surface area contributed by atoms with Crippen LogP contribution in [0.5, 0.6) is 0 Å². The van der Waals surface area contributed by atoms with Gasteiger partial charge in [-0.15, -0.1) is 0 Å². The van der Waals surface area contributed by atoms with Crippen molar-refractivity contribution in [2.24, 2.45) is 11.8 Å². The maximum atomic E-state index is 10.8. The van der Waals surface area contributed by atoms with Crippen molar-refractivity contribution < 1.29 is 19.8 Å². The molecule has 0 amide bonds. The van der Waals surface area contributed by atoms with Gasteiger partial charge in [0.1, 0.15) is 0 Å². The molecule has 4 nitrogen and oxygen atoms in total. The first-order valence-corrected chi connectivity index (χ1v) is 5.09. The molecule has 0 spiro atoms. The molecule has 0 aliphatic carbocycles. The number of hydrogen-bond donors (Lipinski definition) is 2. The van der Waals surface area contributed by atoms with Crippen molar-refractivity contribution in [1.82, 2.24) is 0 Å². The lowest BCUT2D eigenvalue weighted by molar-refractivity contribution is -0.134. The van der Waals surface area contributed by atoms with E-state index in [1.807, 2.05) is 13.8 Å². The van der Waals surface area contributed by atoms with Crippen LogP contribution >= 0.6 is 0 Å². The predicted octanol–water partition coefficient (Wildman–Crippen LogP) is 2.32. The van der Waals surface area contributed by atoms with Gasteiger partial charge in [0.05, 0.1) is 0 Å². The highest BCUT2D eigenvalue weighted by atomic mass is 16.4. The molecule has 0 fully saturated rings. The minimum Gasteiger partial charge on any atom is -0.478 e. The molecule has 0 aromatic carbocycles. The van der Waals surface area contributed by atoms with Gasteiger partial charge in [0.15, 0.2) is 0 Å². The number of aliphatic carboxylic acids is 2. The van der Waals surface area contributed by atoms with Gasteiger partial charge in [-0.1, -0.05) is 26.5 Å². The van der Waals surface area contributed by atoms with Gasteiger partial charge in [0.25, 0.3) is 0 Å². The van der Waals surface area contributed by atoms with Crippen molar-refractivity contribution in [1.29, 1.82) is 0 Å². The van der Waals surface area contributed by atoms with E-state index in [-0.39, 0.29) is 17.1 Å². The molecule has 0 aliphatic heterocycles. The van der Waals surface area contributed by atoms with Gasteiger partial charge < -0.3 is 10.2 Å². The number of carboxylic acid groups (broad SMARTS) is 2. The maximum absolute atomic E-state index is 10.8. The van der Waals surface area contributed by atoms with Gasteiger partial charge in [-0.25, -0.2) is 9.59 Å². The minimum absolute atomic E-state index is 0.0364. The summed E-state index contributed by atoms with van der Waals surface area (Å²) < 4.78 is 0. The second-order valence-electron chi connectivity index (χ2n) is 4.22. The zero-order valence-electron chi connectivity index (χ0n) is 9.86. The Morgan fingerprint density at radius 2 is 1.75 bits per heavy atom. The molecule has 1 atom stereocenters. The van der Waals surface area contributed by atoms with E-state index < -0.39 is 17.9 Å². The first kappa shape index (κ1) is 14.4. The Hall–Kier alpha value is -1.58. The SMILES string of the molecule is C=C(C(=O)O)C(C=C(C)C(=O)O)CC(C)C. The van der Waals surface area contributed by atoms with Crippen LogP contribution < -0.4 is 0 Å². The molecule has 0 aromatic heterocycles. The third-order valence-corrected chi connectivity index (χ3v) is 2.24. The van der Waals surface area contributed by atoms with Crippen LogP contribution in [0.1, 0.15) is 27.2 Å². The van der Waals surface area contributed by atoms with E-state index in [4.69, 9.17) is 10.2 Å². The summed E-state index contributed by atoms with van der Waals surface area (Å²) in [5.74, 6) is -2.26. The molecule has 0 bridgehead atoms. The summed E-state index contributed by atoms with van der Waals surface area (Å²) in [7, 11) is 0. The lowest BCUT2D eigenvalue weighted by Gasteiger charge is -2.15. The Bertz CT molecular complexity index is 326. The fourth-order valence-corrected chi connectivity index (χ4v) is 1.35. The molecule has 1 unspecified atom stereocenters. The third-order valence-electron chi connectivity index (χ3n) is 2.24. The van der Waals surface area contributed by atoms with Crippen molar-refractivity contribution >= 4 is 11.9 Å². The molecule has 0 saturated carbocycles. The summed E-state index contributed by atoms with van der Waals surface area (Å²) >= 11 is 0. The molecular weight excluding hydrogens is 208 g/mol. The number of carboxylic acids is 2. The lowest BCUT2D eigenvalue weighted by atomic mass is 9.89. The second kappa shape index (κ2) is 6.10. The Balaban J connectivity index is 4.95. The van der Waals surface area contributed by atoms with E-state index in [1.54, 1.807) is 0 Å². The quantitative estimate of drug-likeness (QED) is 0.681. The van der Waals surface area contributed by atoms with E-state index in [9.17, 15) is 9.59 Å². The normalized spacial score (nSPS) is 13.6. The molecule has 0 saturated heterocycles. The smallest absolute Gasteiger partial charge is 0.331 e. The minimum atomic E-state index is -1.08. The molecule has 16 heavy (non-hydrogen) atoms. The van der Waals surface area contributed by atoms with Crippen molar-refractivity contribution in [3.63, 3.8) is 0 Å². The van der Waals surface area contributed by atoms with Gasteiger partial charge >= 0.3 is 11.9 Å². The van der Waals surface area contributed by atoms with Gasteiger partial charge in [-0.2, -0.15) is 0 Å². The average Bonchev–Trinajstić information content (AvgIpc) is 2.14. The first-order valence-electron chi connectivity index (χ1n) is 5.09. The van der Waals surface area contributed by atoms with Crippen LogP contribution in [0.4, 0.5) is 0 Å². The fourth-order valence-electron chi connectivity index (χ4n) is 1.35. The summed E-state index contributed by atoms with van der Waals surface area (Å²) in [5, 5.41) is 17.6. The molecule has 4 heteroatoms. The second-order valence-corrected chi connectivity index (χ2v) is 4.22. The fraction of sp³-hybridized carbons (Fsp3) is 0.500. The lowest BCUT2D eigenvalue weighted by Crippen LogP contribution is -2.13.